The molecule has 0 aliphatic heterocycles. The van der Waals surface area contributed by atoms with Gasteiger partial charge in [0.25, 0.3) is 0 Å². The number of alkyl halides is 7. The zero-order chi connectivity index (χ0) is 21.6. The zero-order valence-electron chi connectivity index (χ0n) is 15.2. The lowest BCUT2D eigenvalue weighted by Crippen LogP contribution is -2.56. The fourth-order valence-corrected chi connectivity index (χ4v) is 1.30. The highest BCUT2D eigenvalue weighted by molar-refractivity contribution is 6.04. The van der Waals surface area contributed by atoms with E-state index in [2.05, 4.69) is 6.92 Å². The highest BCUT2D eigenvalue weighted by atomic mass is 19.4. The van der Waals surface area contributed by atoms with Gasteiger partial charge in [0.15, 0.2) is 0 Å². The quantitative estimate of drug-likeness (QED) is 0.441. The fraction of sp³-hybridized carbons (Fsp3) is 0.812. The molecule has 0 unspecified atom stereocenters. The summed E-state index contributed by atoms with van der Waals surface area (Å²) in [6.07, 6.45) is -5.34. The first-order valence-corrected chi connectivity index (χ1v) is 7.70. The Labute approximate surface area is 147 Å². The van der Waals surface area contributed by atoms with Gasteiger partial charge in [-0.25, -0.2) is 0 Å². The van der Waals surface area contributed by atoms with E-state index in [0.717, 1.165) is 19.3 Å². The topological polar surface area (TPSA) is 51.2 Å². The minimum Gasteiger partial charge on any atom is -0.300 e. The Bertz CT molecular complexity index is 503. The smallest absolute Gasteiger partial charge is 0.300 e. The standard InChI is InChI=1S/C10H11F7O2.C6H12O/c1-7(2,3)5(18)4-6(19)8(11,12)9(13,14)10(15,16)17;1-3-4-5-6(2)7/h4H2,1-3H3;3-5H2,1-2H3. The van der Waals surface area contributed by atoms with Gasteiger partial charge in [-0.1, -0.05) is 34.1 Å². The van der Waals surface area contributed by atoms with Crippen LogP contribution in [0.25, 0.3) is 0 Å². The minimum absolute atomic E-state index is 0.307. The molecule has 0 saturated heterocycles. The Hall–Kier alpha value is -1.48. The Balaban J connectivity index is 0. The zero-order valence-corrected chi connectivity index (χ0v) is 15.2. The van der Waals surface area contributed by atoms with Gasteiger partial charge in [0, 0.05) is 11.8 Å². The fourth-order valence-electron chi connectivity index (χ4n) is 1.30. The molecule has 0 bridgehead atoms. The Morgan fingerprint density at radius 3 is 1.46 bits per heavy atom. The second-order valence-corrected chi connectivity index (χ2v) is 6.73. The first kappa shape index (κ1) is 26.7. The third-order valence-corrected chi connectivity index (χ3v) is 3.14. The molecular weight excluding hydrogens is 373 g/mol. The largest absolute Gasteiger partial charge is 0.460 e. The second kappa shape index (κ2) is 9.45. The normalized spacial score (nSPS) is 12.9. The van der Waals surface area contributed by atoms with Gasteiger partial charge in [-0.15, -0.1) is 0 Å². The summed E-state index contributed by atoms with van der Waals surface area (Å²) in [6, 6.07) is 0. The number of hydrogen-bond donors (Lipinski definition) is 0. The third kappa shape index (κ3) is 7.82. The van der Waals surface area contributed by atoms with Crippen molar-refractivity contribution in [3.05, 3.63) is 0 Å². The lowest BCUT2D eigenvalue weighted by Gasteiger charge is -2.27. The summed E-state index contributed by atoms with van der Waals surface area (Å²) >= 11 is 0. The average Bonchev–Trinajstić information content (AvgIpc) is 2.43. The van der Waals surface area contributed by atoms with E-state index in [9.17, 15) is 45.1 Å². The van der Waals surface area contributed by atoms with Gasteiger partial charge in [0.1, 0.15) is 11.6 Å². The van der Waals surface area contributed by atoms with Crippen LogP contribution in [0.3, 0.4) is 0 Å². The van der Waals surface area contributed by atoms with Crippen LogP contribution in [-0.4, -0.2) is 35.4 Å². The van der Waals surface area contributed by atoms with Gasteiger partial charge in [-0.2, -0.15) is 30.7 Å². The molecule has 0 aliphatic rings. The van der Waals surface area contributed by atoms with Crippen molar-refractivity contribution in [2.24, 2.45) is 5.41 Å². The predicted octanol–water partition coefficient (Wildman–Crippen LogP) is 5.16. The SMILES string of the molecule is CC(C)(C)C(=O)CC(=O)C(F)(F)C(F)(F)C(F)(F)F.CCCCC(C)=O. The molecular formula is C16H23F7O3. The number of Topliss-reactive ketones (excluding diaryl/α,β-unsaturated/α-hetero) is 3. The molecule has 0 aromatic rings. The number of ketones is 3. The summed E-state index contributed by atoms with van der Waals surface area (Å²) in [5.41, 5.74) is -1.31. The van der Waals surface area contributed by atoms with Crippen LogP contribution in [0.4, 0.5) is 30.7 Å². The van der Waals surface area contributed by atoms with Crippen LogP contribution in [-0.2, 0) is 14.4 Å². The summed E-state index contributed by atoms with van der Waals surface area (Å²) in [7, 11) is 0. The van der Waals surface area contributed by atoms with Gasteiger partial charge in [0.2, 0.25) is 5.78 Å². The van der Waals surface area contributed by atoms with E-state index in [-0.39, 0.29) is 0 Å². The van der Waals surface area contributed by atoms with E-state index in [1.807, 2.05) is 0 Å². The summed E-state index contributed by atoms with van der Waals surface area (Å²) in [5.74, 6) is -16.1. The molecule has 0 aromatic heterocycles. The van der Waals surface area contributed by atoms with Crippen molar-refractivity contribution in [2.75, 3.05) is 0 Å². The number of rotatable bonds is 7. The number of carbonyl (C=O) groups is 3. The van der Waals surface area contributed by atoms with E-state index < -0.39 is 41.4 Å². The van der Waals surface area contributed by atoms with Crippen molar-refractivity contribution < 1.29 is 45.1 Å². The van der Waals surface area contributed by atoms with Crippen molar-refractivity contribution in [2.45, 2.75) is 78.3 Å². The molecule has 26 heavy (non-hydrogen) atoms. The van der Waals surface area contributed by atoms with Crippen LogP contribution in [0.15, 0.2) is 0 Å². The van der Waals surface area contributed by atoms with Crippen LogP contribution in [0, 0.1) is 5.41 Å². The first-order chi connectivity index (χ1) is 11.3. The first-order valence-electron chi connectivity index (χ1n) is 7.70. The van der Waals surface area contributed by atoms with Crippen molar-refractivity contribution in [1.82, 2.24) is 0 Å². The number of halogens is 7. The maximum absolute atomic E-state index is 12.9. The monoisotopic (exact) mass is 396 g/mol. The molecule has 0 rings (SSSR count). The Kier molecular flexibility index (Phi) is 9.73. The Morgan fingerprint density at radius 1 is 0.808 bits per heavy atom. The number of carbonyl (C=O) groups excluding carboxylic acids is 3. The molecule has 154 valence electrons. The van der Waals surface area contributed by atoms with Crippen molar-refractivity contribution in [1.29, 1.82) is 0 Å². The molecule has 0 aromatic carbocycles. The summed E-state index contributed by atoms with van der Waals surface area (Å²) in [6.45, 7) is 7.35. The summed E-state index contributed by atoms with van der Waals surface area (Å²) in [5, 5.41) is 0. The lowest BCUT2D eigenvalue weighted by atomic mass is 9.86. The van der Waals surface area contributed by atoms with Crippen LogP contribution >= 0.6 is 0 Å². The van der Waals surface area contributed by atoms with E-state index in [0.29, 0.717) is 5.78 Å². The number of hydrogen-bond acceptors (Lipinski definition) is 3. The van der Waals surface area contributed by atoms with Gasteiger partial charge in [-0.3, -0.25) is 9.59 Å². The average molecular weight is 396 g/mol. The highest BCUT2D eigenvalue weighted by Gasteiger charge is 2.75. The maximum atomic E-state index is 12.9. The minimum atomic E-state index is -6.59. The van der Waals surface area contributed by atoms with Crippen molar-refractivity contribution in [3.8, 4) is 0 Å². The molecule has 0 aliphatic carbocycles. The van der Waals surface area contributed by atoms with E-state index in [1.165, 1.54) is 20.8 Å². The highest BCUT2D eigenvalue weighted by Crippen LogP contribution is 2.47. The van der Waals surface area contributed by atoms with Crippen LogP contribution in [0.5, 0.6) is 0 Å². The van der Waals surface area contributed by atoms with Crippen molar-refractivity contribution in [3.63, 3.8) is 0 Å². The molecule has 0 atom stereocenters. The van der Waals surface area contributed by atoms with Gasteiger partial charge in [0.05, 0.1) is 6.42 Å². The van der Waals surface area contributed by atoms with E-state index >= 15 is 0 Å². The van der Waals surface area contributed by atoms with E-state index in [1.54, 1.807) is 6.92 Å². The molecule has 0 radical (unpaired) electrons. The second-order valence-electron chi connectivity index (χ2n) is 6.73. The van der Waals surface area contributed by atoms with Gasteiger partial charge in [-0.05, 0) is 13.3 Å². The molecule has 0 amide bonds. The van der Waals surface area contributed by atoms with Gasteiger partial charge < -0.3 is 4.79 Å². The van der Waals surface area contributed by atoms with Crippen LogP contribution in [0.2, 0.25) is 0 Å². The molecule has 0 N–H and O–H groups in total. The predicted molar refractivity (Wildman–Crippen MR) is 80.2 cm³/mol. The van der Waals surface area contributed by atoms with Crippen molar-refractivity contribution >= 4 is 17.3 Å². The molecule has 10 heteroatoms. The van der Waals surface area contributed by atoms with Gasteiger partial charge >= 0.3 is 18.0 Å². The molecule has 0 spiro atoms. The molecule has 0 saturated carbocycles. The summed E-state index contributed by atoms with van der Waals surface area (Å²) in [4.78, 5) is 32.3. The maximum Gasteiger partial charge on any atom is 0.460 e. The van der Waals surface area contributed by atoms with Crippen LogP contribution < -0.4 is 0 Å². The number of unbranched alkanes of at least 4 members (excludes halogenated alkanes) is 1. The molecule has 0 heterocycles. The lowest BCUT2D eigenvalue weighted by molar-refractivity contribution is -0.343. The van der Waals surface area contributed by atoms with Crippen LogP contribution in [0.1, 0.15) is 60.3 Å². The summed E-state index contributed by atoms with van der Waals surface area (Å²) < 4.78 is 86.1. The molecule has 3 nitrogen and oxygen atoms in total. The van der Waals surface area contributed by atoms with E-state index in [4.69, 9.17) is 0 Å². The third-order valence-electron chi connectivity index (χ3n) is 3.14. The Morgan fingerprint density at radius 2 is 1.23 bits per heavy atom. The molecule has 0 fully saturated rings.